The zero-order valence-corrected chi connectivity index (χ0v) is 29.4. The number of fused-ring (bicyclic) bond motifs is 7. The van der Waals surface area contributed by atoms with Crippen molar-refractivity contribution in [2.24, 2.45) is 62.9 Å². The van der Waals surface area contributed by atoms with Crippen molar-refractivity contribution >= 4 is 15.4 Å². The van der Waals surface area contributed by atoms with Crippen LogP contribution in [0.4, 0.5) is 0 Å². The summed E-state index contributed by atoms with van der Waals surface area (Å²) in [6, 6.07) is 0. The van der Waals surface area contributed by atoms with E-state index in [-0.39, 0.29) is 22.8 Å². The molecule has 0 aromatic heterocycles. The standard InChI is InChI=1S/C36H56NO2P.C2H6/c1-22(2)25-14-19-36(37)21-20-34(6)27(30(25)36)12-13-29-33(5)17-15-26(23-8-10-24(11-9-23)31(38)39-40)32(3,4)28(33)16-18-35(29,34)7;1-2/h8,15,24-25,27-30H,1,9-14,16-21,37,40H2,2-7H3;1-2H3/t24?,25-,27?,28?,29?,30?,33?,34+,35?,36?;/m0./s1. The van der Waals surface area contributed by atoms with Gasteiger partial charge >= 0.3 is 5.97 Å². The molecule has 11 atom stereocenters. The van der Waals surface area contributed by atoms with E-state index in [1.807, 2.05) is 13.8 Å². The van der Waals surface area contributed by atoms with Crippen LogP contribution >= 0.6 is 9.47 Å². The largest absolute Gasteiger partial charge is 0.451 e. The number of carbonyl (C=O) groups is 1. The molecule has 0 aromatic rings. The third-order valence-electron chi connectivity index (χ3n) is 14.9. The van der Waals surface area contributed by atoms with Gasteiger partial charge in [0.1, 0.15) is 0 Å². The number of hydrogen-bond acceptors (Lipinski definition) is 3. The van der Waals surface area contributed by atoms with Crippen molar-refractivity contribution in [1.82, 2.24) is 0 Å². The molecule has 0 aromatic carbocycles. The molecule has 4 fully saturated rings. The Kier molecular flexibility index (Phi) is 8.62. The minimum Gasteiger partial charge on any atom is -0.451 e. The van der Waals surface area contributed by atoms with Gasteiger partial charge < -0.3 is 10.3 Å². The van der Waals surface area contributed by atoms with Gasteiger partial charge in [-0.2, -0.15) is 0 Å². The summed E-state index contributed by atoms with van der Waals surface area (Å²) in [5, 5.41) is 0. The molecule has 0 saturated heterocycles. The molecule has 3 nitrogen and oxygen atoms in total. The van der Waals surface area contributed by atoms with Crippen LogP contribution in [0.15, 0.2) is 35.5 Å². The van der Waals surface area contributed by atoms with Gasteiger partial charge in [0, 0.05) is 5.54 Å². The Morgan fingerprint density at radius 1 is 0.929 bits per heavy atom. The molecule has 4 saturated carbocycles. The molecule has 0 amide bonds. The molecular weight excluding hydrogens is 533 g/mol. The van der Waals surface area contributed by atoms with E-state index in [1.54, 1.807) is 5.57 Å². The first-order valence-electron chi connectivity index (χ1n) is 17.5. The fraction of sp³-hybridized carbons (Fsp3) is 0.816. The predicted octanol–water partition coefficient (Wildman–Crippen LogP) is 9.98. The lowest BCUT2D eigenvalue weighted by molar-refractivity contribution is -0.219. The maximum absolute atomic E-state index is 12.1. The van der Waals surface area contributed by atoms with Crippen molar-refractivity contribution in [3.63, 3.8) is 0 Å². The van der Waals surface area contributed by atoms with E-state index in [9.17, 15) is 4.79 Å². The maximum Gasteiger partial charge on any atom is 0.311 e. The van der Waals surface area contributed by atoms with Crippen molar-refractivity contribution in [2.45, 2.75) is 138 Å². The molecule has 6 aliphatic rings. The van der Waals surface area contributed by atoms with Crippen molar-refractivity contribution in [3.8, 4) is 0 Å². The number of allylic oxidation sites excluding steroid dienone is 5. The summed E-state index contributed by atoms with van der Waals surface area (Å²) >= 11 is 0. The molecule has 2 N–H and O–H groups in total. The molecule has 9 unspecified atom stereocenters. The van der Waals surface area contributed by atoms with Crippen LogP contribution in [0.2, 0.25) is 0 Å². The fourth-order valence-corrected chi connectivity index (χ4v) is 12.9. The summed E-state index contributed by atoms with van der Waals surface area (Å²) in [5.74, 6) is 3.34. The normalized spacial score (nSPS) is 47.2. The first kappa shape index (κ1) is 32.5. The Morgan fingerprint density at radius 3 is 2.26 bits per heavy atom. The summed E-state index contributed by atoms with van der Waals surface area (Å²) in [7, 11) is 2.13. The molecule has 6 rings (SSSR count). The Balaban J connectivity index is 0.00000173. The van der Waals surface area contributed by atoms with Crippen LogP contribution in [-0.4, -0.2) is 11.5 Å². The third-order valence-corrected chi connectivity index (χ3v) is 15.1. The molecule has 4 heteroatoms. The second-order valence-electron chi connectivity index (χ2n) is 16.6. The van der Waals surface area contributed by atoms with E-state index in [0.29, 0.717) is 34.0 Å². The van der Waals surface area contributed by atoms with Gasteiger partial charge in [0.05, 0.1) is 15.4 Å². The van der Waals surface area contributed by atoms with Crippen molar-refractivity contribution in [1.29, 1.82) is 0 Å². The number of rotatable bonds is 3. The molecule has 42 heavy (non-hydrogen) atoms. The fourth-order valence-electron chi connectivity index (χ4n) is 12.8. The van der Waals surface area contributed by atoms with Crippen LogP contribution in [0.1, 0.15) is 132 Å². The average Bonchev–Trinajstić information content (AvgIpc) is 3.32. The van der Waals surface area contributed by atoms with Crippen molar-refractivity contribution in [2.75, 3.05) is 0 Å². The average molecular weight is 596 g/mol. The van der Waals surface area contributed by atoms with Crippen molar-refractivity contribution < 1.29 is 9.32 Å². The van der Waals surface area contributed by atoms with Gasteiger partial charge in [0.25, 0.3) is 0 Å². The van der Waals surface area contributed by atoms with E-state index < -0.39 is 0 Å². The molecule has 0 radical (unpaired) electrons. The summed E-state index contributed by atoms with van der Waals surface area (Å²) in [4.78, 5) is 12.1. The highest BCUT2D eigenvalue weighted by molar-refractivity contribution is 7.10. The lowest BCUT2D eigenvalue weighted by Crippen LogP contribution is -2.67. The van der Waals surface area contributed by atoms with Gasteiger partial charge in [-0.1, -0.05) is 72.8 Å². The quantitative estimate of drug-likeness (QED) is 0.261. The zero-order chi connectivity index (χ0) is 30.9. The third kappa shape index (κ3) is 4.51. The molecule has 236 valence electrons. The molecular formula is C38H62NO2P. The highest BCUT2D eigenvalue weighted by atomic mass is 31.0. The van der Waals surface area contributed by atoms with Gasteiger partial charge in [-0.15, -0.1) is 0 Å². The summed E-state index contributed by atoms with van der Waals surface area (Å²) < 4.78 is 4.97. The number of nitrogens with two attached hydrogens (primary N) is 1. The van der Waals surface area contributed by atoms with Crippen molar-refractivity contribution in [3.05, 3.63) is 35.5 Å². The highest BCUT2D eigenvalue weighted by Gasteiger charge is 2.70. The second kappa shape index (κ2) is 11.2. The minimum absolute atomic E-state index is 0.0113. The molecule has 0 spiro atoms. The monoisotopic (exact) mass is 595 g/mol. The van der Waals surface area contributed by atoms with E-state index in [1.165, 1.54) is 68.9 Å². The number of hydrogen-bond donors (Lipinski definition) is 1. The topological polar surface area (TPSA) is 52.3 Å². The maximum atomic E-state index is 12.1. The Labute approximate surface area is 260 Å². The van der Waals surface area contributed by atoms with E-state index in [0.717, 1.165) is 31.1 Å². The van der Waals surface area contributed by atoms with E-state index in [2.05, 4.69) is 69.7 Å². The first-order chi connectivity index (χ1) is 19.7. The van der Waals surface area contributed by atoms with E-state index >= 15 is 0 Å². The molecule has 6 aliphatic carbocycles. The van der Waals surface area contributed by atoms with Crippen LogP contribution in [0, 0.1) is 57.2 Å². The minimum atomic E-state index is -0.0813. The molecule has 0 aliphatic heterocycles. The zero-order valence-electron chi connectivity index (χ0n) is 28.3. The first-order valence-corrected chi connectivity index (χ1v) is 17.9. The Hall–Kier alpha value is -0.920. The predicted molar refractivity (Wildman–Crippen MR) is 179 cm³/mol. The number of carbonyl (C=O) groups excluding carboxylic acids is 1. The van der Waals surface area contributed by atoms with Crippen LogP contribution < -0.4 is 5.73 Å². The lowest BCUT2D eigenvalue weighted by Gasteiger charge is -2.72. The van der Waals surface area contributed by atoms with Crippen LogP contribution in [0.5, 0.6) is 0 Å². The Bertz CT molecular complexity index is 1150. The van der Waals surface area contributed by atoms with Crippen LogP contribution in [-0.2, 0) is 9.32 Å². The lowest BCUT2D eigenvalue weighted by atomic mass is 9.33. The summed E-state index contributed by atoms with van der Waals surface area (Å²) in [5.41, 5.74) is 13.0. The smallest absolute Gasteiger partial charge is 0.311 e. The summed E-state index contributed by atoms with van der Waals surface area (Å²) in [6.45, 7) is 23.9. The summed E-state index contributed by atoms with van der Waals surface area (Å²) in [6.07, 6.45) is 19.3. The van der Waals surface area contributed by atoms with E-state index in [4.69, 9.17) is 10.3 Å². The second-order valence-corrected chi connectivity index (χ2v) is 16.8. The highest BCUT2D eigenvalue weighted by Crippen LogP contribution is 2.76. The van der Waals surface area contributed by atoms with Crippen LogP contribution in [0.3, 0.4) is 0 Å². The van der Waals surface area contributed by atoms with Gasteiger partial charge in [-0.25, -0.2) is 0 Å². The van der Waals surface area contributed by atoms with Gasteiger partial charge in [0.2, 0.25) is 0 Å². The van der Waals surface area contributed by atoms with Gasteiger partial charge in [-0.3, -0.25) is 4.79 Å². The SMILES string of the molecule is C=C(C)[C@@H]1CCC2(N)CC[C@]3(C)C(CCC4C5(C)CC=C(C6=CCC(C(=O)OP)CC6)C(C)(C)C5CCC43C)C12.CC. The van der Waals surface area contributed by atoms with Gasteiger partial charge in [0.15, 0.2) is 0 Å². The Morgan fingerprint density at radius 2 is 1.64 bits per heavy atom. The molecule has 0 bridgehead atoms. The van der Waals surface area contributed by atoms with Gasteiger partial charge in [-0.05, 0) is 146 Å². The molecule has 0 heterocycles. The van der Waals surface area contributed by atoms with Crippen LogP contribution in [0.25, 0.3) is 0 Å².